The lowest BCUT2D eigenvalue weighted by Gasteiger charge is -2.20. The molecular formula is C11H23N3OS. The van der Waals surface area contributed by atoms with Crippen LogP contribution in [0.15, 0.2) is 0 Å². The number of hydrogen-bond acceptors (Lipinski definition) is 3. The van der Waals surface area contributed by atoms with Gasteiger partial charge in [-0.1, -0.05) is 19.1 Å². The maximum Gasteiger partial charge on any atom is 0.221 e. The second-order valence-corrected chi connectivity index (χ2v) is 5.01. The van der Waals surface area contributed by atoms with E-state index in [-0.39, 0.29) is 17.9 Å². The fraction of sp³-hybridized carbons (Fsp3) is 0.818. The van der Waals surface area contributed by atoms with Gasteiger partial charge < -0.3 is 16.0 Å². The Morgan fingerprint density at radius 3 is 2.44 bits per heavy atom. The average Bonchev–Trinajstić information content (AvgIpc) is 2.13. The van der Waals surface area contributed by atoms with Gasteiger partial charge in [0.1, 0.15) is 0 Å². The molecule has 0 saturated carbocycles. The Morgan fingerprint density at radius 2 is 2.00 bits per heavy atom. The highest BCUT2D eigenvalue weighted by Gasteiger charge is 2.10. The fourth-order valence-electron chi connectivity index (χ4n) is 1.34. The predicted molar refractivity (Wildman–Crippen MR) is 71.3 cm³/mol. The molecule has 0 rings (SSSR count). The Labute approximate surface area is 104 Å². The van der Waals surface area contributed by atoms with Crippen LogP contribution in [0.1, 0.15) is 27.2 Å². The first-order valence-electron chi connectivity index (χ1n) is 5.60. The number of nitrogens with zero attached hydrogens (tertiary/aromatic N) is 1. The molecule has 1 amide bonds. The molecule has 0 radical (unpaired) electrons. The van der Waals surface area contributed by atoms with Crippen molar-refractivity contribution in [3.63, 3.8) is 0 Å². The SMILES string of the molecule is CC(C)NC(=O)CCN(C)CC(C)C(N)=S. The van der Waals surface area contributed by atoms with Crippen molar-refractivity contribution in [2.75, 3.05) is 20.1 Å². The van der Waals surface area contributed by atoms with Gasteiger partial charge in [0.2, 0.25) is 5.91 Å². The number of rotatable bonds is 7. The molecule has 0 aliphatic carbocycles. The summed E-state index contributed by atoms with van der Waals surface area (Å²) < 4.78 is 0. The molecule has 1 unspecified atom stereocenters. The third kappa shape index (κ3) is 7.59. The van der Waals surface area contributed by atoms with Crippen molar-refractivity contribution in [3.8, 4) is 0 Å². The van der Waals surface area contributed by atoms with E-state index in [2.05, 4.69) is 10.2 Å². The molecular weight excluding hydrogens is 222 g/mol. The monoisotopic (exact) mass is 245 g/mol. The van der Waals surface area contributed by atoms with E-state index >= 15 is 0 Å². The van der Waals surface area contributed by atoms with Crippen molar-refractivity contribution in [2.24, 2.45) is 11.7 Å². The molecule has 0 saturated heterocycles. The van der Waals surface area contributed by atoms with E-state index in [0.29, 0.717) is 11.4 Å². The first kappa shape index (κ1) is 15.3. The van der Waals surface area contributed by atoms with Crippen molar-refractivity contribution in [1.82, 2.24) is 10.2 Å². The van der Waals surface area contributed by atoms with Crippen LogP contribution in [0.5, 0.6) is 0 Å². The number of hydrogen-bond donors (Lipinski definition) is 2. The maximum atomic E-state index is 11.4. The lowest BCUT2D eigenvalue weighted by molar-refractivity contribution is -0.121. The van der Waals surface area contributed by atoms with Crippen LogP contribution in [-0.4, -0.2) is 42.0 Å². The summed E-state index contributed by atoms with van der Waals surface area (Å²) in [7, 11) is 1.97. The van der Waals surface area contributed by atoms with Gasteiger partial charge in [-0.15, -0.1) is 0 Å². The molecule has 0 heterocycles. The number of thiocarbonyl (C=S) groups is 1. The number of nitrogens with two attached hydrogens (primary N) is 1. The Kier molecular flexibility index (Phi) is 7.25. The molecule has 0 aliphatic rings. The van der Waals surface area contributed by atoms with Gasteiger partial charge in [0, 0.05) is 31.5 Å². The van der Waals surface area contributed by atoms with Crippen LogP contribution in [0.4, 0.5) is 0 Å². The highest BCUT2D eigenvalue weighted by Crippen LogP contribution is 1.99. The van der Waals surface area contributed by atoms with Gasteiger partial charge in [-0.3, -0.25) is 4.79 Å². The van der Waals surface area contributed by atoms with Gasteiger partial charge in [0.15, 0.2) is 0 Å². The van der Waals surface area contributed by atoms with Gasteiger partial charge in [-0.25, -0.2) is 0 Å². The quantitative estimate of drug-likeness (QED) is 0.650. The lowest BCUT2D eigenvalue weighted by atomic mass is 10.1. The Balaban J connectivity index is 3.76. The van der Waals surface area contributed by atoms with Gasteiger partial charge in [-0.05, 0) is 20.9 Å². The number of carbonyl (C=O) groups excluding carboxylic acids is 1. The van der Waals surface area contributed by atoms with E-state index < -0.39 is 0 Å². The number of amides is 1. The summed E-state index contributed by atoms with van der Waals surface area (Å²) >= 11 is 4.90. The minimum Gasteiger partial charge on any atom is -0.393 e. The second-order valence-electron chi connectivity index (χ2n) is 4.54. The minimum absolute atomic E-state index is 0.0878. The van der Waals surface area contributed by atoms with Gasteiger partial charge in [0.05, 0.1) is 4.99 Å². The Bertz CT molecular complexity index is 243. The molecule has 5 heteroatoms. The van der Waals surface area contributed by atoms with Gasteiger partial charge in [-0.2, -0.15) is 0 Å². The second kappa shape index (κ2) is 7.57. The Hall–Kier alpha value is -0.680. The highest BCUT2D eigenvalue weighted by atomic mass is 32.1. The number of carbonyl (C=O) groups is 1. The highest BCUT2D eigenvalue weighted by molar-refractivity contribution is 7.80. The van der Waals surface area contributed by atoms with Gasteiger partial charge >= 0.3 is 0 Å². The van der Waals surface area contributed by atoms with E-state index in [1.807, 2.05) is 27.8 Å². The van der Waals surface area contributed by atoms with Crippen molar-refractivity contribution >= 4 is 23.1 Å². The third-order valence-corrected chi connectivity index (χ3v) is 2.64. The first-order chi connectivity index (χ1) is 7.32. The van der Waals surface area contributed by atoms with E-state index in [4.69, 9.17) is 18.0 Å². The van der Waals surface area contributed by atoms with Crippen molar-refractivity contribution in [2.45, 2.75) is 33.2 Å². The molecule has 0 aromatic rings. The van der Waals surface area contributed by atoms with Crippen LogP contribution in [0.25, 0.3) is 0 Å². The van der Waals surface area contributed by atoms with Crippen LogP contribution in [0, 0.1) is 5.92 Å². The third-order valence-electron chi connectivity index (χ3n) is 2.24. The maximum absolute atomic E-state index is 11.4. The standard InChI is InChI=1S/C11H23N3OS/c1-8(2)13-10(15)5-6-14(4)7-9(3)11(12)16/h8-9H,5-7H2,1-4H3,(H2,12,16)(H,13,15). The fourth-order valence-corrected chi connectivity index (χ4v) is 1.41. The topological polar surface area (TPSA) is 58.4 Å². The molecule has 16 heavy (non-hydrogen) atoms. The molecule has 94 valence electrons. The van der Waals surface area contributed by atoms with E-state index in [1.165, 1.54) is 0 Å². The van der Waals surface area contributed by atoms with Crippen molar-refractivity contribution < 1.29 is 4.79 Å². The molecule has 0 aromatic heterocycles. The smallest absolute Gasteiger partial charge is 0.221 e. The summed E-state index contributed by atoms with van der Waals surface area (Å²) in [4.78, 5) is 14.0. The molecule has 3 N–H and O–H groups in total. The first-order valence-corrected chi connectivity index (χ1v) is 6.01. The molecule has 0 aliphatic heterocycles. The Morgan fingerprint density at radius 1 is 1.44 bits per heavy atom. The van der Waals surface area contributed by atoms with Crippen LogP contribution >= 0.6 is 12.2 Å². The van der Waals surface area contributed by atoms with Gasteiger partial charge in [0.25, 0.3) is 0 Å². The van der Waals surface area contributed by atoms with Crippen molar-refractivity contribution in [1.29, 1.82) is 0 Å². The zero-order valence-electron chi connectivity index (χ0n) is 10.6. The molecule has 0 bridgehead atoms. The van der Waals surface area contributed by atoms with Crippen LogP contribution < -0.4 is 11.1 Å². The molecule has 4 nitrogen and oxygen atoms in total. The van der Waals surface area contributed by atoms with Crippen LogP contribution in [0.3, 0.4) is 0 Å². The molecule has 0 aromatic carbocycles. The van der Waals surface area contributed by atoms with Crippen LogP contribution in [0.2, 0.25) is 0 Å². The molecule has 0 spiro atoms. The predicted octanol–water partition coefficient (Wildman–Crippen LogP) is 0.755. The summed E-state index contributed by atoms with van der Waals surface area (Å²) in [5.74, 6) is 0.276. The zero-order valence-corrected chi connectivity index (χ0v) is 11.4. The van der Waals surface area contributed by atoms with Crippen molar-refractivity contribution in [3.05, 3.63) is 0 Å². The minimum atomic E-state index is 0.0878. The lowest BCUT2D eigenvalue weighted by Crippen LogP contribution is -2.36. The molecule has 1 atom stereocenters. The largest absolute Gasteiger partial charge is 0.393 e. The van der Waals surface area contributed by atoms with E-state index in [9.17, 15) is 4.79 Å². The number of nitrogens with one attached hydrogen (secondary N) is 1. The zero-order chi connectivity index (χ0) is 12.7. The molecule has 0 fully saturated rings. The van der Waals surface area contributed by atoms with E-state index in [0.717, 1.165) is 13.1 Å². The summed E-state index contributed by atoms with van der Waals surface area (Å²) in [5.41, 5.74) is 5.53. The summed E-state index contributed by atoms with van der Waals surface area (Å²) in [5, 5.41) is 2.86. The summed E-state index contributed by atoms with van der Waals surface area (Å²) in [6, 6.07) is 0.202. The normalized spacial score (nSPS) is 12.9. The average molecular weight is 245 g/mol. The summed E-state index contributed by atoms with van der Waals surface area (Å²) in [6.07, 6.45) is 0.513. The summed E-state index contributed by atoms with van der Waals surface area (Å²) in [6.45, 7) is 7.43. The van der Waals surface area contributed by atoms with Crippen LogP contribution in [-0.2, 0) is 4.79 Å². The van der Waals surface area contributed by atoms with E-state index in [1.54, 1.807) is 0 Å².